The molecule has 1 aliphatic carbocycles. The van der Waals surface area contributed by atoms with Crippen LogP contribution in [0.1, 0.15) is 6.42 Å². The highest BCUT2D eigenvalue weighted by atomic mass is 16.5. The molecule has 0 unspecified atom stereocenters. The van der Waals surface area contributed by atoms with Crippen LogP contribution >= 0.6 is 0 Å². The van der Waals surface area contributed by atoms with E-state index in [1.165, 1.54) is 18.4 Å². The number of aliphatic carboxylic acids is 1. The van der Waals surface area contributed by atoms with Gasteiger partial charge in [-0.25, -0.2) is 10.2 Å². The molecule has 0 aliphatic heterocycles. The Hall–Kier alpha value is -2.89. The fourth-order valence-electron chi connectivity index (χ4n) is 1.27. The molecular weight excluding hydrogens is 260 g/mol. The molecule has 6 heteroatoms. The Bertz CT molecular complexity index is 554. The van der Waals surface area contributed by atoms with E-state index in [1.54, 1.807) is 12.2 Å². The predicted molar refractivity (Wildman–Crippen MR) is 74.6 cm³/mol. The van der Waals surface area contributed by atoms with Gasteiger partial charge in [0.15, 0.2) is 5.76 Å². The van der Waals surface area contributed by atoms with Crippen LogP contribution in [0.3, 0.4) is 0 Å². The Morgan fingerprint density at radius 2 is 2.20 bits per heavy atom. The Labute approximate surface area is 116 Å². The van der Waals surface area contributed by atoms with Crippen LogP contribution in [0, 0.1) is 0 Å². The number of carboxylic acid groups (broad SMARTS) is 1. The Morgan fingerprint density at radius 3 is 2.85 bits per heavy atom. The zero-order valence-corrected chi connectivity index (χ0v) is 10.7. The third kappa shape index (κ3) is 4.77. The minimum atomic E-state index is -0.998. The van der Waals surface area contributed by atoms with E-state index in [0.717, 1.165) is 11.8 Å². The quantitative estimate of drug-likeness (QED) is 0.334. The van der Waals surface area contributed by atoms with Gasteiger partial charge in [0, 0.05) is 0 Å². The van der Waals surface area contributed by atoms with Crippen LogP contribution in [0.25, 0.3) is 0 Å². The lowest BCUT2D eigenvalue weighted by Crippen LogP contribution is -2.19. The molecular formula is C14H14N2O4. The third-order valence-corrected chi connectivity index (χ3v) is 2.25. The van der Waals surface area contributed by atoms with E-state index in [-0.39, 0.29) is 11.3 Å². The number of amides is 1. The van der Waals surface area contributed by atoms with Gasteiger partial charge in [-0.1, -0.05) is 31.4 Å². The second-order valence-corrected chi connectivity index (χ2v) is 3.68. The first-order chi connectivity index (χ1) is 9.54. The molecule has 0 spiro atoms. The van der Waals surface area contributed by atoms with Crippen molar-refractivity contribution in [2.75, 3.05) is 0 Å². The van der Waals surface area contributed by atoms with E-state index in [0.29, 0.717) is 6.42 Å². The number of hydrogen-bond acceptors (Lipinski definition) is 4. The molecule has 20 heavy (non-hydrogen) atoms. The van der Waals surface area contributed by atoms with Gasteiger partial charge in [0.25, 0.3) is 0 Å². The van der Waals surface area contributed by atoms with Crippen LogP contribution in [0.4, 0.5) is 0 Å². The number of nitrogens with zero attached hydrogens (tertiary/aromatic N) is 1. The number of rotatable bonds is 6. The summed E-state index contributed by atoms with van der Waals surface area (Å²) in [4.78, 5) is 22.1. The van der Waals surface area contributed by atoms with Crippen molar-refractivity contribution in [2.45, 2.75) is 6.42 Å². The highest BCUT2D eigenvalue weighted by Crippen LogP contribution is 2.09. The van der Waals surface area contributed by atoms with E-state index in [9.17, 15) is 9.59 Å². The number of ether oxygens (including phenoxy) is 1. The second kappa shape index (κ2) is 7.52. The summed E-state index contributed by atoms with van der Waals surface area (Å²) >= 11 is 0. The number of carboxylic acids is 1. The molecule has 0 bridgehead atoms. The summed E-state index contributed by atoms with van der Waals surface area (Å²) in [5.41, 5.74) is 3.15. The smallest absolute Gasteiger partial charge is 0.335 e. The predicted octanol–water partition coefficient (Wildman–Crippen LogP) is 1.66. The fraction of sp³-hybridized carbons (Fsp3) is 0.0714. The van der Waals surface area contributed by atoms with Crippen molar-refractivity contribution in [1.82, 2.24) is 5.43 Å². The van der Waals surface area contributed by atoms with E-state index in [2.05, 4.69) is 28.4 Å². The summed E-state index contributed by atoms with van der Waals surface area (Å²) in [6.45, 7) is 6.67. The van der Waals surface area contributed by atoms with Crippen LogP contribution < -0.4 is 5.43 Å². The summed E-state index contributed by atoms with van der Waals surface area (Å²) in [6, 6.07) is 0. The molecule has 0 aromatic rings. The number of carbonyl (C=O) groups is 2. The van der Waals surface area contributed by atoms with Crippen LogP contribution in [-0.2, 0) is 14.3 Å². The van der Waals surface area contributed by atoms with Crippen molar-refractivity contribution in [3.05, 3.63) is 60.6 Å². The number of carbonyl (C=O) groups excluding carboxylic acids is 1. The topological polar surface area (TPSA) is 88.0 Å². The van der Waals surface area contributed by atoms with Crippen LogP contribution in [0.5, 0.6) is 0 Å². The SMILES string of the molecule is C=COC(=C)C(=O)N/N=C/C1=CC=C(C(=O)O)C=CC1. The Morgan fingerprint density at radius 1 is 1.45 bits per heavy atom. The molecule has 1 aliphatic rings. The van der Waals surface area contributed by atoms with E-state index in [1.807, 2.05) is 0 Å². The molecule has 2 N–H and O–H groups in total. The number of hydrazone groups is 1. The van der Waals surface area contributed by atoms with Crippen LogP contribution in [-0.4, -0.2) is 23.2 Å². The maximum absolute atomic E-state index is 11.4. The molecule has 0 heterocycles. The van der Waals surface area contributed by atoms with Gasteiger partial charge < -0.3 is 9.84 Å². The monoisotopic (exact) mass is 274 g/mol. The van der Waals surface area contributed by atoms with Crippen LogP contribution in [0.15, 0.2) is 65.7 Å². The first-order valence-electron chi connectivity index (χ1n) is 5.65. The summed E-state index contributed by atoms with van der Waals surface area (Å²) in [6.07, 6.45) is 9.32. The first kappa shape index (κ1) is 15.2. The van der Waals surface area contributed by atoms with E-state index >= 15 is 0 Å². The summed E-state index contributed by atoms with van der Waals surface area (Å²) in [7, 11) is 0. The summed E-state index contributed by atoms with van der Waals surface area (Å²) in [5.74, 6) is -1.71. The molecule has 0 saturated carbocycles. The van der Waals surface area contributed by atoms with Gasteiger partial charge in [0.2, 0.25) is 0 Å². The third-order valence-electron chi connectivity index (χ3n) is 2.25. The molecule has 0 aromatic heterocycles. The molecule has 0 fully saturated rings. The van der Waals surface area contributed by atoms with Crippen molar-refractivity contribution >= 4 is 18.1 Å². The molecule has 0 radical (unpaired) electrons. The zero-order valence-electron chi connectivity index (χ0n) is 10.7. The molecule has 0 atom stereocenters. The van der Waals surface area contributed by atoms with Gasteiger partial charge in [0.05, 0.1) is 18.0 Å². The number of allylic oxidation sites excluding steroid dienone is 4. The van der Waals surface area contributed by atoms with Crippen molar-refractivity contribution in [1.29, 1.82) is 0 Å². The first-order valence-corrected chi connectivity index (χ1v) is 5.65. The van der Waals surface area contributed by atoms with Crippen molar-refractivity contribution in [3.63, 3.8) is 0 Å². The maximum atomic E-state index is 11.4. The molecule has 0 aromatic carbocycles. The van der Waals surface area contributed by atoms with Gasteiger partial charge in [-0.15, -0.1) is 0 Å². The van der Waals surface area contributed by atoms with Gasteiger partial charge in [-0.3, -0.25) is 4.79 Å². The average Bonchev–Trinajstić information content (AvgIpc) is 2.64. The number of nitrogens with one attached hydrogen (secondary N) is 1. The minimum absolute atomic E-state index is 0.125. The van der Waals surface area contributed by atoms with E-state index in [4.69, 9.17) is 5.11 Å². The lowest BCUT2D eigenvalue weighted by atomic mass is 10.2. The van der Waals surface area contributed by atoms with Gasteiger partial charge in [-0.2, -0.15) is 5.10 Å². The molecule has 104 valence electrons. The minimum Gasteiger partial charge on any atom is -0.478 e. The highest BCUT2D eigenvalue weighted by molar-refractivity contribution is 5.93. The summed E-state index contributed by atoms with van der Waals surface area (Å²) < 4.78 is 4.69. The van der Waals surface area contributed by atoms with Gasteiger partial charge in [0.1, 0.15) is 0 Å². The average molecular weight is 274 g/mol. The molecule has 6 nitrogen and oxygen atoms in total. The Kier molecular flexibility index (Phi) is 5.71. The largest absolute Gasteiger partial charge is 0.478 e. The van der Waals surface area contributed by atoms with Crippen molar-refractivity contribution in [3.8, 4) is 0 Å². The lowest BCUT2D eigenvalue weighted by molar-refractivity contribution is -0.132. The van der Waals surface area contributed by atoms with Crippen molar-refractivity contribution in [2.24, 2.45) is 5.10 Å². The normalized spacial score (nSPS) is 14.0. The Balaban J connectivity index is 2.61. The highest BCUT2D eigenvalue weighted by Gasteiger charge is 2.06. The number of hydrogen-bond donors (Lipinski definition) is 2. The van der Waals surface area contributed by atoms with Crippen molar-refractivity contribution < 1.29 is 19.4 Å². The second-order valence-electron chi connectivity index (χ2n) is 3.68. The zero-order chi connectivity index (χ0) is 15.0. The van der Waals surface area contributed by atoms with E-state index < -0.39 is 11.9 Å². The maximum Gasteiger partial charge on any atom is 0.335 e. The molecule has 0 saturated heterocycles. The standard InChI is InChI=1S/C14H14N2O4/c1-3-20-10(2)13(17)16-15-9-11-5-4-6-12(8-7-11)14(18)19/h3-4,6-9H,1-2,5H2,(H,16,17)(H,18,19)/b15-9+. The summed E-state index contributed by atoms with van der Waals surface area (Å²) in [5, 5.41) is 12.6. The fourth-order valence-corrected chi connectivity index (χ4v) is 1.27. The van der Waals surface area contributed by atoms with Gasteiger partial charge >= 0.3 is 11.9 Å². The molecule has 1 rings (SSSR count). The molecule has 1 amide bonds. The lowest BCUT2D eigenvalue weighted by Gasteiger charge is -2.01. The van der Waals surface area contributed by atoms with Crippen LogP contribution in [0.2, 0.25) is 0 Å². The van der Waals surface area contributed by atoms with Gasteiger partial charge in [-0.05, 0) is 18.1 Å².